The quantitative estimate of drug-likeness (QED) is 0.171. The molecule has 0 saturated carbocycles. The van der Waals surface area contributed by atoms with Gasteiger partial charge in [0.25, 0.3) is 0 Å². The first-order chi connectivity index (χ1) is 15.0. The maximum atomic E-state index is 8.11. The second kappa shape index (κ2) is 34.4. The molecule has 0 amide bonds. The summed E-state index contributed by atoms with van der Waals surface area (Å²) in [5, 5.41) is 32.0. The number of unbranched alkanes of at least 4 members (excludes halogenated alkanes) is 14. The van der Waals surface area contributed by atoms with E-state index in [1.807, 2.05) is 0 Å². The predicted octanol–water partition coefficient (Wildman–Crippen LogP) is 6.00. The highest BCUT2D eigenvalue weighted by Crippen LogP contribution is 2.10. The molecule has 0 aliphatic rings. The van der Waals surface area contributed by atoms with Crippen molar-refractivity contribution in [2.24, 2.45) is 0 Å². The Bertz CT molecular complexity index is 247. The zero-order valence-corrected chi connectivity index (χ0v) is 21.5. The molecule has 2 unspecified atom stereocenters. The van der Waals surface area contributed by atoms with E-state index in [0.29, 0.717) is 0 Å². The Morgan fingerprint density at radius 1 is 0.484 bits per heavy atom. The molecule has 0 bridgehead atoms. The predicted molar refractivity (Wildman–Crippen MR) is 134 cm³/mol. The number of hydrogen-bond donors (Lipinski definition) is 4. The van der Waals surface area contributed by atoms with E-state index in [9.17, 15) is 0 Å². The van der Waals surface area contributed by atoms with Gasteiger partial charge >= 0.3 is 0 Å². The highest BCUT2D eigenvalue weighted by Gasteiger charge is 1.94. The van der Waals surface area contributed by atoms with Crippen LogP contribution in [0.5, 0.6) is 0 Å². The van der Waals surface area contributed by atoms with Crippen LogP contribution in [0.1, 0.15) is 130 Å². The van der Waals surface area contributed by atoms with Crippen LogP contribution in [0, 0.1) is 0 Å². The van der Waals surface area contributed by atoms with Crippen LogP contribution >= 0.6 is 0 Å². The minimum Gasteiger partial charge on any atom is -0.394 e. The highest BCUT2D eigenvalue weighted by atomic mass is 16.5. The summed E-state index contributed by atoms with van der Waals surface area (Å²) < 4.78 is 5.72. The number of aliphatic hydroxyl groups excluding tert-OH is 4. The number of rotatable bonds is 20. The molecule has 0 aliphatic heterocycles. The molecule has 0 aromatic carbocycles. The number of ether oxygens (including phenoxy) is 1. The lowest BCUT2D eigenvalue weighted by atomic mass is 10.1. The van der Waals surface area contributed by atoms with Gasteiger partial charge in [-0.25, -0.2) is 0 Å². The minimum atomic E-state index is -0.560. The van der Waals surface area contributed by atoms with Gasteiger partial charge in [-0.05, 0) is 26.7 Å². The third-order valence-electron chi connectivity index (χ3n) is 4.81. The third kappa shape index (κ3) is 48.5. The van der Waals surface area contributed by atoms with Crippen LogP contribution in [-0.2, 0) is 4.74 Å². The zero-order chi connectivity index (χ0) is 24.0. The molecule has 192 valence electrons. The summed E-state index contributed by atoms with van der Waals surface area (Å²) in [5.74, 6) is 0. The fraction of sp³-hybridized carbons (Fsp3) is 1.00. The van der Waals surface area contributed by atoms with Crippen LogP contribution in [-0.4, -0.2) is 59.1 Å². The normalized spacial score (nSPS) is 12.4. The lowest BCUT2D eigenvalue weighted by Crippen LogP contribution is -2.03. The zero-order valence-electron chi connectivity index (χ0n) is 21.5. The average molecular weight is 451 g/mol. The largest absolute Gasteiger partial charge is 0.394 e. The van der Waals surface area contributed by atoms with Crippen LogP contribution in [0.4, 0.5) is 0 Å². The van der Waals surface area contributed by atoms with Crippen molar-refractivity contribution >= 4 is 0 Å². The van der Waals surface area contributed by atoms with E-state index < -0.39 is 12.2 Å². The van der Waals surface area contributed by atoms with Gasteiger partial charge in [0.15, 0.2) is 0 Å². The molecule has 0 rings (SSSR count). The van der Waals surface area contributed by atoms with Crippen molar-refractivity contribution in [3.05, 3.63) is 0 Å². The summed E-state index contributed by atoms with van der Waals surface area (Å²) in [5.41, 5.74) is 0. The third-order valence-corrected chi connectivity index (χ3v) is 4.81. The SMILES string of the molecule is CC(O)CO.CC(O)CO.CCCCCCCCCCOCCCCCCCCCC. The van der Waals surface area contributed by atoms with E-state index in [1.54, 1.807) is 0 Å². The summed E-state index contributed by atoms with van der Waals surface area (Å²) in [7, 11) is 0. The number of aliphatic hydroxyl groups is 4. The van der Waals surface area contributed by atoms with Gasteiger partial charge < -0.3 is 25.2 Å². The van der Waals surface area contributed by atoms with Crippen molar-refractivity contribution in [2.45, 2.75) is 143 Å². The standard InChI is InChI=1S/C20H42O.2C3H8O2/c1-3-5-7-9-11-13-15-17-19-21-20-18-16-14-12-10-8-6-4-2;2*1-3(5)2-4/h3-20H2,1-2H3;2*3-5H,2H2,1H3. The second-order valence-corrected chi connectivity index (χ2v) is 8.63. The highest BCUT2D eigenvalue weighted by molar-refractivity contribution is 4.47. The monoisotopic (exact) mass is 450 g/mol. The molecule has 0 radical (unpaired) electrons. The Morgan fingerprint density at radius 2 is 0.710 bits per heavy atom. The molecule has 2 atom stereocenters. The van der Waals surface area contributed by atoms with Crippen LogP contribution in [0.15, 0.2) is 0 Å². The average Bonchev–Trinajstić information content (AvgIpc) is 2.76. The van der Waals surface area contributed by atoms with Crippen LogP contribution in [0.2, 0.25) is 0 Å². The van der Waals surface area contributed by atoms with Crippen molar-refractivity contribution in [1.29, 1.82) is 0 Å². The molecule has 0 heterocycles. The Kier molecular flexibility index (Phi) is 39.3. The van der Waals surface area contributed by atoms with Gasteiger partial charge in [0.2, 0.25) is 0 Å². The molecule has 5 heteroatoms. The van der Waals surface area contributed by atoms with E-state index in [-0.39, 0.29) is 13.2 Å². The van der Waals surface area contributed by atoms with Gasteiger partial charge in [-0.2, -0.15) is 0 Å². The topological polar surface area (TPSA) is 90.2 Å². The summed E-state index contributed by atoms with van der Waals surface area (Å²) in [4.78, 5) is 0. The molecular formula is C26H58O5. The van der Waals surface area contributed by atoms with Gasteiger partial charge in [-0.3, -0.25) is 0 Å². The Balaban J connectivity index is -0.000000646. The molecule has 0 spiro atoms. The first kappa shape index (κ1) is 35.4. The summed E-state index contributed by atoms with van der Waals surface area (Å²) >= 11 is 0. The second-order valence-electron chi connectivity index (χ2n) is 8.63. The van der Waals surface area contributed by atoms with Crippen LogP contribution < -0.4 is 0 Å². The Hall–Kier alpha value is -0.200. The molecule has 0 aromatic rings. The lowest BCUT2D eigenvalue weighted by Gasteiger charge is -2.05. The summed E-state index contributed by atoms with van der Waals surface area (Å²) in [6.45, 7) is 9.32. The van der Waals surface area contributed by atoms with Crippen molar-refractivity contribution in [2.75, 3.05) is 26.4 Å². The molecule has 0 fully saturated rings. The number of hydrogen-bond acceptors (Lipinski definition) is 5. The summed E-state index contributed by atoms with van der Waals surface area (Å²) in [6, 6.07) is 0. The van der Waals surface area contributed by atoms with Gasteiger partial charge in [-0.15, -0.1) is 0 Å². The maximum Gasteiger partial charge on any atom is 0.0742 e. The van der Waals surface area contributed by atoms with Gasteiger partial charge in [-0.1, -0.05) is 104 Å². The smallest absolute Gasteiger partial charge is 0.0742 e. The first-order valence-corrected chi connectivity index (χ1v) is 13.1. The lowest BCUT2D eigenvalue weighted by molar-refractivity contribution is 0.110. The van der Waals surface area contributed by atoms with Gasteiger partial charge in [0.1, 0.15) is 0 Å². The van der Waals surface area contributed by atoms with Crippen LogP contribution in [0.3, 0.4) is 0 Å². The van der Waals surface area contributed by atoms with E-state index >= 15 is 0 Å². The molecule has 0 aromatic heterocycles. The minimum absolute atomic E-state index is 0.139. The molecule has 4 N–H and O–H groups in total. The van der Waals surface area contributed by atoms with Crippen molar-refractivity contribution in [3.8, 4) is 0 Å². The van der Waals surface area contributed by atoms with Crippen molar-refractivity contribution in [3.63, 3.8) is 0 Å². The molecule has 0 saturated heterocycles. The first-order valence-electron chi connectivity index (χ1n) is 13.1. The Morgan fingerprint density at radius 3 is 0.935 bits per heavy atom. The van der Waals surface area contributed by atoms with Crippen molar-refractivity contribution < 1.29 is 25.2 Å². The molecule has 5 nitrogen and oxygen atoms in total. The van der Waals surface area contributed by atoms with E-state index in [4.69, 9.17) is 25.2 Å². The van der Waals surface area contributed by atoms with Gasteiger partial charge in [0, 0.05) is 13.2 Å². The molecular weight excluding hydrogens is 392 g/mol. The van der Waals surface area contributed by atoms with E-state index in [0.717, 1.165) is 13.2 Å². The fourth-order valence-electron chi connectivity index (χ4n) is 2.78. The van der Waals surface area contributed by atoms with Gasteiger partial charge in [0.05, 0.1) is 25.4 Å². The maximum absolute atomic E-state index is 8.11. The summed E-state index contributed by atoms with van der Waals surface area (Å²) in [6.07, 6.45) is 21.1. The molecule has 31 heavy (non-hydrogen) atoms. The van der Waals surface area contributed by atoms with Crippen molar-refractivity contribution in [1.82, 2.24) is 0 Å². The Labute approximate surface area is 194 Å². The fourth-order valence-corrected chi connectivity index (χ4v) is 2.78. The van der Waals surface area contributed by atoms with E-state index in [1.165, 1.54) is 117 Å². The van der Waals surface area contributed by atoms with Crippen LogP contribution in [0.25, 0.3) is 0 Å². The van der Waals surface area contributed by atoms with E-state index in [2.05, 4.69) is 13.8 Å². The molecule has 0 aliphatic carbocycles.